The van der Waals surface area contributed by atoms with Crippen LogP contribution in [0.3, 0.4) is 0 Å². The lowest BCUT2D eigenvalue weighted by atomic mass is 9.74. The topological polar surface area (TPSA) is 17.1 Å². The van der Waals surface area contributed by atoms with E-state index in [0.717, 1.165) is 12.7 Å². The molecule has 0 saturated heterocycles. The molecule has 1 aliphatic rings. The van der Waals surface area contributed by atoms with Gasteiger partial charge in [0, 0.05) is 5.41 Å². The van der Waals surface area contributed by atoms with Crippen LogP contribution >= 0.6 is 0 Å². The van der Waals surface area contributed by atoms with E-state index < -0.39 is 0 Å². The second kappa shape index (κ2) is 3.20. The number of rotatable bonds is 3. The quantitative estimate of drug-likeness (QED) is 0.591. The van der Waals surface area contributed by atoms with Crippen LogP contribution < -0.4 is 0 Å². The fraction of sp³-hybridized carbons (Fsp3) is 0.909. The van der Waals surface area contributed by atoms with Gasteiger partial charge in [-0.25, -0.2) is 0 Å². The van der Waals surface area contributed by atoms with E-state index in [4.69, 9.17) is 0 Å². The molecule has 0 spiro atoms. The molecule has 1 aliphatic carbocycles. The second-order valence-electron chi connectivity index (χ2n) is 5.30. The number of carbonyl (C=O) groups excluding carboxylic acids is 1. The molecule has 1 nitrogen and oxygen atoms in total. The molecule has 0 aromatic rings. The normalized spacial score (nSPS) is 22.6. The van der Waals surface area contributed by atoms with E-state index in [1.807, 2.05) is 13.8 Å². The summed E-state index contributed by atoms with van der Waals surface area (Å²) in [6, 6.07) is 0. The van der Waals surface area contributed by atoms with Crippen LogP contribution in [0, 0.1) is 10.8 Å². The first-order valence-electron chi connectivity index (χ1n) is 4.94. The van der Waals surface area contributed by atoms with Gasteiger partial charge in [-0.3, -0.25) is 0 Å². The molecule has 1 fully saturated rings. The standard InChI is InChI=1S/C11H20O/c1-10(2,9-12)8-11(3)6-4-5-7-11/h9H,4-8H2,1-3H3. The summed E-state index contributed by atoms with van der Waals surface area (Å²) in [7, 11) is 0. The van der Waals surface area contributed by atoms with Gasteiger partial charge in [0.05, 0.1) is 0 Å². The van der Waals surface area contributed by atoms with E-state index in [0.29, 0.717) is 5.41 Å². The predicted octanol–water partition coefficient (Wildman–Crippen LogP) is 3.18. The smallest absolute Gasteiger partial charge is 0.125 e. The van der Waals surface area contributed by atoms with Crippen molar-refractivity contribution < 1.29 is 4.79 Å². The number of aldehydes is 1. The Morgan fingerprint density at radius 1 is 1.33 bits per heavy atom. The maximum Gasteiger partial charge on any atom is 0.125 e. The van der Waals surface area contributed by atoms with E-state index in [1.54, 1.807) is 0 Å². The highest BCUT2D eigenvalue weighted by Gasteiger charge is 2.34. The maximum atomic E-state index is 10.8. The third kappa shape index (κ3) is 2.33. The molecule has 0 heterocycles. The zero-order valence-corrected chi connectivity index (χ0v) is 8.52. The van der Waals surface area contributed by atoms with Gasteiger partial charge < -0.3 is 4.79 Å². The molecule has 1 heteroatoms. The van der Waals surface area contributed by atoms with Crippen LogP contribution in [0.15, 0.2) is 0 Å². The van der Waals surface area contributed by atoms with Crippen LogP contribution in [0.5, 0.6) is 0 Å². The first kappa shape index (κ1) is 9.76. The van der Waals surface area contributed by atoms with Crippen molar-refractivity contribution in [3.63, 3.8) is 0 Å². The number of hydrogen-bond acceptors (Lipinski definition) is 1. The molecular formula is C11H20O. The lowest BCUT2D eigenvalue weighted by Gasteiger charge is -2.30. The first-order valence-corrected chi connectivity index (χ1v) is 4.94. The molecule has 0 aromatic carbocycles. The third-order valence-corrected chi connectivity index (χ3v) is 3.01. The molecule has 0 amide bonds. The zero-order chi connectivity index (χ0) is 9.24. The van der Waals surface area contributed by atoms with Gasteiger partial charge in [-0.05, 0) is 24.7 Å². The van der Waals surface area contributed by atoms with Crippen molar-refractivity contribution in [2.75, 3.05) is 0 Å². The van der Waals surface area contributed by atoms with Crippen molar-refractivity contribution >= 4 is 6.29 Å². The van der Waals surface area contributed by atoms with Gasteiger partial charge in [-0.2, -0.15) is 0 Å². The summed E-state index contributed by atoms with van der Waals surface area (Å²) >= 11 is 0. The van der Waals surface area contributed by atoms with Gasteiger partial charge in [0.15, 0.2) is 0 Å². The largest absolute Gasteiger partial charge is 0.303 e. The average molecular weight is 168 g/mol. The minimum Gasteiger partial charge on any atom is -0.303 e. The van der Waals surface area contributed by atoms with Gasteiger partial charge >= 0.3 is 0 Å². The Labute approximate surface area is 75.5 Å². The Morgan fingerprint density at radius 2 is 1.83 bits per heavy atom. The lowest BCUT2D eigenvalue weighted by molar-refractivity contribution is -0.116. The van der Waals surface area contributed by atoms with Crippen LogP contribution in [0.4, 0.5) is 0 Å². The summed E-state index contributed by atoms with van der Waals surface area (Å²) in [5.74, 6) is 0. The van der Waals surface area contributed by atoms with E-state index in [1.165, 1.54) is 25.7 Å². The Hall–Kier alpha value is -0.330. The molecule has 12 heavy (non-hydrogen) atoms. The number of hydrogen-bond donors (Lipinski definition) is 0. The Bertz CT molecular complexity index is 164. The van der Waals surface area contributed by atoms with E-state index >= 15 is 0 Å². The Balaban J connectivity index is 2.54. The summed E-state index contributed by atoms with van der Waals surface area (Å²) in [5, 5.41) is 0. The van der Waals surface area contributed by atoms with Crippen LogP contribution in [0.2, 0.25) is 0 Å². The van der Waals surface area contributed by atoms with Gasteiger partial charge in [-0.1, -0.05) is 33.6 Å². The van der Waals surface area contributed by atoms with Gasteiger partial charge in [0.25, 0.3) is 0 Å². The molecule has 0 atom stereocenters. The summed E-state index contributed by atoms with van der Waals surface area (Å²) in [6.07, 6.45) is 7.49. The number of carbonyl (C=O) groups is 1. The maximum absolute atomic E-state index is 10.8. The molecule has 0 aromatic heterocycles. The highest BCUT2D eigenvalue weighted by atomic mass is 16.1. The van der Waals surface area contributed by atoms with Crippen LogP contribution in [0.1, 0.15) is 52.9 Å². The zero-order valence-electron chi connectivity index (χ0n) is 8.52. The fourth-order valence-corrected chi connectivity index (χ4v) is 2.55. The molecule has 70 valence electrons. The monoisotopic (exact) mass is 168 g/mol. The predicted molar refractivity (Wildman–Crippen MR) is 51.0 cm³/mol. The lowest BCUT2D eigenvalue weighted by Crippen LogP contribution is -2.24. The minimum atomic E-state index is -0.112. The van der Waals surface area contributed by atoms with Gasteiger partial charge in [0.1, 0.15) is 6.29 Å². The van der Waals surface area contributed by atoms with E-state index in [9.17, 15) is 4.79 Å². The Kier molecular flexibility index (Phi) is 2.60. The highest BCUT2D eigenvalue weighted by molar-refractivity contribution is 5.57. The molecule has 0 unspecified atom stereocenters. The molecular weight excluding hydrogens is 148 g/mol. The molecule has 1 rings (SSSR count). The van der Waals surface area contributed by atoms with Crippen molar-refractivity contribution in [3.05, 3.63) is 0 Å². The van der Waals surface area contributed by atoms with Crippen molar-refractivity contribution in [1.82, 2.24) is 0 Å². The van der Waals surface area contributed by atoms with Crippen molar-refractivity contribution in [1.29, 1.82) is 0 Å². The summed E-state index contributed by atoms with van der Waals surface area (Å²) in [4.78, 5) is 10.8. The molecule has 0 aliphatic heterocycles. The molecule has 0 radical (unpaired) electrons. The van der Waals surface area contributed by atoms with Crippen molar-refractivity contribution in [2.24, 2.45) is 10.8 Å². The van der Waals surface area contributed by atoms with Gasteiger partial charge in [0.2, 0.25) is 0 Å². The Morgan fingerprint density at radius 3 is 2.25 bits per heavy atom. The highest BCUT2D eigenvalue weighted by Crippen LogP contribution is 2.45. The molecule has 0 N–H and O–H groups in total. The minimum absolute atomic E-state index is 0.112. The summed E-state index contributed by atoms with van der Waals surface area (Å²) < 4.78 is 0. The van der Waals surface area contributed by atoms with Crippen LogP contribution in [0.25, 0.3) is 0 Å². The second-order valence-corrected chi connectivity index (χ2v) is 5.30. The molecule has 1 saturated carbocycles. The van der Waals surface area contributed by atoms with Crippen molar-refractivity contribution in [3.8, 4) is 0 Å². The fourth-order valence-electron chi connectivity index (χ4n) is 2.55. The van der Waals surface area contributed by atoms with Crippen LogP contribution in [-0.4, -0.2) is 6.29 Å². The van der Waals surface area contributed by atoms with E-state index in [2.05, 4.69) is 6.92 Å². The summed E-state index contributed by atoms with van der Waals surface area (Å²) in [5.41, 5.74) is 0.337. The van der Waals surface area contributed by atoms with E-state index in [-0.39, 0.29) is 5.41 Å². The molecule has 0 bridgehead atoms. The first-order chi connectivity index (χ1) is 5.47. The summed E-state index contributed by atoms with van der Waals surface area (Å²) in [6.45, 7) is 6.42. The average Bonchev–Trinajstić information content (AvgIpc) is 2.35. The SMILES string of the molecule is CC(C)(C=O)CC1(C)CCCC1. The van der Waals surface area contributed by atoms with Crippen LogP contribution in [-0.2, 0) is 4.79 Å². The van der Waals surface area contributed by atoms with Gasteiger partial charge in [-0.15, -0.1) is 0 Å². The third-order valence-electron chi connectivity index (χ3n) is 3.01. The van der Waals surface area contributed by atoms with Crippen molar-refractivity contribution in [2.45, 2.75) is 52.9 Å².